The van der Waals surface area contributed by atoms with E-state index < -0.39 is 5.60 Å². The highest BCUT2D eigenvalue weighted by Gasteiger charge is 2.22. The van der Waals surface area contributed by atoms with Crippen LogP contribution >= 0.6 is 0 Å². The number of likely N-dealkylation sites (N-methyl/N-ethyl adjacent to an activating group) is 1. The quantitative estimate of drug-likeness (QED) is 0.748. The molecule has 1 rings (SSSR count). The Hall–Kier alpha value is -1.14. The van der Waals surface area contributed by atoms with Crippen molar-refractivity contribution in [3.63, 3.8) is 0 Å². The minimum Gasteiger partial charge on any atom is -0.459 e. The lowest BCUT2D eigenvalue weighted by Gasteiger charge is -2.32. The molecule has 1 heterocycles. The Kier molecular flexibility index (Phi) is 6.61. The number of nitrogens with one attached hydrogen (secondary N) is 1. The van der Waals surface area contributed by atoms with Crippen LogP contribution in [0.2, 0.25) is 0 Å². The highest BCUT2D eigenvalue weighted by Crippen LogP contribution is 2.11. The summed E-state index contributed by atoms with van der Waals surface area (Å²) in [6, 6.07) is 0.322. The van der Waals surface area contributed by atoms with Crippen molar-refractivity contribution in [1.29, 1.82) is 0 Å². The summed E-state index contributed by atoms with van der Waals surface area (Å²) >= 11 is 0. The minimum absolute atomic E-state index is 0.134. The van der Waals surface area contributed by atoms with Gasteiger partial charge in [-0.05, 0) is 33.6 Å². The third-order valence-electron chi connectivity index (χ3n) is 3.40. The summed E-state index contributed by atoms with van der Waals surface area (Å²) in [6.07, 6.45) is 1.90. The Balaban J connectivity index is 2.22. The van der Waals surface area contributed by atoms with Gasteiger partial charge in [-0.25, -0.2) is 0 Å². The van der Waals surface area contributed by atoms with Crippen molar-refractivity contribution in [3.05, 3.63) is 0 Å². The van der Waals surface area contributed by atoms with Crippen LogP contribution in [0.1, 0.15) is 33.6 Å². The third-order valence-corrected chi connectivity index (χ3v) is 3.40. The Bertz CT molecular complexity index is 356. The summed E-state index contributed by atoms with van der Waals surface area (Å²) in [5, 5.41) is 3.24. The number of esters is 1. The van der Waals surface area contributed by atoms with Gasteiger partial charge in [-0.3, -0.25) is 14.5 Å². The lowest BCUT2D eigenvalue weighted by molar-refractivity contribution is -0.153. The second-order valence-corrected chi connectivity index (χ2v) is 6.81. The first-order chi connectivity index (χ1) is 9.67. The molecule has 0 bridgehead atoms. The monoisotopic (exact) mass is 299 g/mol. The summed E-state index contributed by atoms with van der Waals surface area (Å²) in [7, 11) is 3.55. The van der Waals surface area contributed by atoms with E-state index in [4.69, 9.17) is 4.74 Å². The summed E-state index contributed by atoms with van der Waals surface area (Å²) in [5.74, 6) is -0.0807. The van der Waals surface area contributed by atoms with E-state index in [0.717, 1.165) is 25.9 Å². The van der Waals surface area contributed by atoms with E-state index in [-0.39, 0.29) is 18.4 Å². The number of carbonyl (C=O) groups excluding carboxylic acids is 2. The minimum atomic E-state index is -0.436. The van der Waals surface area contributed by atoms with E-state index in [9.17, 15) is 9.59 Å². The molecule has 0 spiro atoms. The maximum absolute atomic E-state index is 11.6. The highest BCUT2D eigenvalue weighted by molar-refractivity contribution is 5.77. The number of likely N-dealkylation sites (tertiary alicyclic amines) is 1. The van der Waals surface area contributed by atoms with Crippen LogP contribution in [-0.2, 0) is 14.3 Å². The van der Waals surface area contributed by atoms with Gasteiger partial charge < -0.3 is 15.0 Å². The molecule has 0 unspecified atom stereocenters. The van der Waals surface area contributed by atoms with Crippen molar-refractivity contribution < 1.29 is 14.3 Å². The Morgan fingerprint density at radius 3 is 2.29 bits per heavy atom. The zero-order chi connectivity index (χ0) is 16.0. The largest absolute Gasteiger partial charge is 0.459 e. The molecule has 0 radical (unpaired) electrons. The molecule has 1 amide bonds. The Labute approximate surface area is 127 Å². The van der Waals surface area contributed by atoms with E-state index in [0.29, 0.717) is 12.6 Å². The lowest BCUT2D eigenvalue weighted by Crippen LogP contribution is -2.47. The number of nitrogens with zero attached hydrogens (tertiary/aromatic N) is 2. The smallest absolute Gasteiger partial charge is 0.320 e. The number of ether oxygens (including phenoxy) is 1. The van der Waals surface area contributed by atoms with E-state index >= 15 is 0 Å². The number of amides is 1. The first kappa shape index (κ1) is 17.9. The van der Waals surface area contributed by atoms with E-state index in [1.807, 2.05) is 20.8 Å². The first-order valence-electron chi connectivity index (χ1n) is 7.55. The van der Waals surface area contributed by atoms with Crippen LogP contribution in [0.3, 0.4) is 0 Å². The number of carbonyl (C=O) groups is 2. The molecule has 0 aromatic heterocycles. The second kappa shape index (κ2) is 7.75. The topological polar surface area (TPSA) is 61.9 Å². The van der Waals surface area contributed by atoms with Gasteiger partial charge >= 0.3 is 5.97 Å². The predicted octanol–water partition coefficient (Wildman–Crippen LogP) is 0.470. The molecule has 1 fully saturated rings. The maximum atomic E-state index is 11.6. The number of rotatable bonds is 5. The van der Waals surface area contributed by atoms with Crippen LogP contribution in [0.15, 0.2) is 0 Å². The van der Waals surface area contributed by atoms with Crippen LogP contribution in [0.25, 0.3) is 0 Å². The SMILES string of the molecule is CN(C)C(=O)CN1CCC(NCC(=O)OC(C)(C)C)CC1. The molecular weight excluding hydrogens is 270 g/mol. The van der Waals surface area contributed by atoms with Gasteiger partial charge in [-0.2, -0.15) is 0 Å². The fraction of sp³-hybridized carbons (Fsp3) is 0.867. The molecular formula is C15H29N3O3. The molecule has 1 saturated heterocycles. The fourth-order valence-corrected chi connectivity index (χ4v) is 2.23. The molecule has 1 aliphatic rings. The van der Waals surface area contributed by atoms with Crippen LogP contribution < -0.4 is 5.32 Å². The molecule has 1 aliphatic heterocycles. The zero-order valence-electron chi connectivity index (χ0n) is 13.9. The van der Waals surface area contributed by atoms with Crippen molar-refractivity contribution in [2.75, 3.05) is 40.3 Å². The van der Waals surface area contributed by atoms with Gasteiger partial charge in [0, 0.05) is 33.2 Å². The molecule has 21 heavy (non-hydrogen) atoms. The Morgan fingerprint density at radius 1 is 1.24 bits per heavy atom. The molecule has 0 aromatic carbocycles. The maximum Gasteiger partial charge on any atom is 0.320 e. The van der Waals surface area contributed by atoms with Gasteiger partial charge in [0.1, 0.15) is 5.60 Å². The van der Waals surface area contributed by atoms with Crippen LogP contribution in [0.4, 0.5) is 0 Å². The van der Waals surface area contributed by atoms with Crippen molar-refractivity contribution in [3.8, 4) is 0 Å². The van der Waals surface area contributed by atoms with E-state index in [1.165, 1.54) is 0 Å². The average molecular weight is 299 g/mol. The average Bonchev–Trinajstić information content (AvgIpc) is 2.35. The molecule has 0 aromatic rings. The van der Waals surface area contributed by atoms with Crippen molar-refractivity contribution in [2.24, 2.45) is 0 Å². The van der Waals surface area contributed by atoms with Gasteiger partial charge in [0.2, 0.25) is 5.91 Å². The molecule has 0 atom stereocenters. The molecule has 6 heteroatoms. The first-order valence-corrected chi connectivity index (χ1v) is 7.55. The number of piperidine rings is 1. The molecule has 1 N–H and O–H groups in total. The predicted molar refractivity (Wildman–Crippen MR) is 82.0 cm³/mol. The second-order valence-electron chi connectivity index (χ2n) is 6.81. The van der Waals surface area contributed by atoms with E-state index in [2.05, 4.69) is 10.2 Å². The van der Waals surface area contributed by atoms with Crippen LogP contribution in [0.5, 0.6) is 0 Å². The standard InChI is InChI=1S/C15H29N3O3/c1-15(2,3)21-14(20)10-16-12-6-8-18(9-7-12)11-13(19)17(4)5/h12,16H,6-11H2,1-5H3. The normalized spacial score (nSPS) is 17.6. The Morgan fingerprint density at radius 2 is 1.81 bits per heavy atom. The highest BCUT2D eigenvalue weighted by atomic mass is 16.6. The number of hydrogen-bond donors (Lipinski definition) is 1. The van der Waals surface area contributed by atoms with E-state index in [1.54, 1.807) is 19.0 Å². The van der Waals surface area contributed by atoms with Gasteiger partial charge in [-0.1, -0.05) is 0 Å². The zero-order valence-corrected chi connectivity index (χ0v) is 13.9. The third kappa shape index (κ3) is 7.43. The molecule has 0 saturated carbocycles. The lowest BCUT2D eigenvalue weighted by atomic mass is 10.1. The molecule has 6 nitrogen and oxygen atoms in total. The fourth-order valence-electron chi connectivity index (χ4n) is 2.23. The molecule has 122 valence electrons. The summed E-state index contributed by atoms with van der Waals surface area (Å²) in [4.78, 5) is 27.1. The van der Waals surface area contributed by atoms with Crippen molar-refractivity contribution in [2.45, 2.75) is 45.3 Å². The summed E-state index contributed by atoms with van der Waals surface area (Å²) < 4.78 is 5.27. The van der Waals surface area contributed by atoms with Crippen LogP contribution in [-0.4, -0.2) is 73.6 Å². The summed E-state index contributed by atoms with van der Waals surface area (Å²) in [5.41, 5.74) is -0.436. The van der Waals surface area contributed by atoms with Crippen molar-refractivity contribution in [1.82, 2.24) is 15.1 Å². The van der Waals surface area contributed by atoms with Gasteiger partial charge in [0.05, 0.1) is 13.1 Å². The van der Waals surface area contributed by atoms with Gasteiger partial charge in [0.25, 0.3) is 0 Å². The number of hydrogen-bond acceptors (Lipinski definition) is 5. The summed E-state index contributed by atoms with van der Waals surface area (Å²) in [6.45, 7) is 8.09. The van der Waals surface area contributed by atoms with Gasteiger partial charge in [0.15, 0.2) is 0 Å². The van der Waals surface area contributed by atoms with Crippen molar-refractivity contribution >= 4 is 11.9 Å². The molecule has 0 aliphatic carbocycles. The van der Waals surface area contributed by atoms with Crippen LogP contribution in [0, 0.1) is 0 Å². The van der Waals surface area contributed by atoms with Gasteiger partial charge in [-0.15, -0.1) is 0 Å².